The number of hydrogen-bond acceptors (Lipinski definition) is 3. The van der Waals surface area contributed by atoms with Crippen LogP contribution < -0.4 is 4.74 Å². The molecule has 0 aliphatic carbocycles. The van der Waals surface area contributed by atoms with Crippen molar-refractivity contribution >= 4 is 16.9 Å². The topological polar surface area (TPSA) is 59.4 Å². The Labute approximate surface area is 119 Å². The molecule has 21 heavy (non-hydrogen) atoms. The fraction of sp³-hybridized carbons (Fsp3) is 0. The summed E-state index contributed by atoms with van der Waals surface area (Å²) in [5, 5.41) is 9.91. The van der Waals surface area contributed by atoms with E-state index < -0.39 is 17.3 Å². The van der Waals surface area contributed by atoms with Gasteiger partial charge in [-0.05, 0) is 24.3 Å². The van der Waals surface area contributed by atoms with E-state index in [1.165, 1.54) is 18.3 Å². The number of carbonyl (C=O) groups is 1. The monoisotopic (exact) mass is 283 g/mol. The third kappa shape index (κ3) is 2.53. The van der Waals surface area contributed by atoms with Gasteiger partial charge in [0.15, 0.2) is 0 Å². The van der Waals surface area contributed by atoms with Crippen molar-refractivity contribution in [1.29, 1.82) is 0 Å². The lowest BCUT2D eigenvalue weighted by Gasteiger charge is -2.09. The SMILES string of the molecule is O=C(O)c1c(F)cccc1Oc1cnc2ccccc2c1. The van der Waals surface area contributed by atoms with Gasteiger partial charge in [0.05, 0.1) is 11.7 Å². The minimum absolute atomic E-state index is 0.0559. The molecule has 0 spiro atoms. The van der Waals surface area contributed by atoms with Crippen molar-refractivity contribution in [3.8, 4) is 11.5 Å². The van der Waals surface area contributed by atoms with Crippen LogP contribution in [0.3, 0.4) is 0 Å². The van der Waals surface area contributed by atoms with Crippen LogP contribution in [0, 0.1) is 5.82 Å². The number of carboxylic acids is 1. The average molecular weight is 283 g/mol. The van der Waals surface area contributed by atoms with Gasteiger partial charge in [-0.25, -0.2) is 9.18 Å². The summed E-state index contributed by atoms with van der Waals surface area (Å²) in [7, 11) is 0. The number of nitrogens with zero attached hydrogens (tertiary/aromatic N) is 1. The number of rotatable bonds is 3. The minimum Gasteiger partial charge on any atom is -0.477 e. The summed E-state index contributed by atoms with van der Waals surface area (Å²) in [6.45, 7) is 0. The molecule has 0 bridgehead atoms. The maximum Gasteiger partial charge on any atom is 0.342 e. The van der Waals surface area contributed by atoms with E-state index >= 15 is 0 Å². The fourth-order valence-corrected chi connectivity index (χ4v) is 2.03. The van der Waals surface area contributed by atoms with Crippen molar-refractivity contribution in [2.75, 3.05) is 0 Å². The summed E-state index contributed by atoms with van der Waals surface area (Å²) in [5.41, 5.74) is 0.299. The lowest BCUT2D eigenvalue weighted by molar-refractivity contribution is 0.0689. The second-order valence-corrected chi connectivity index (χ2v) is 4.38. The second-order valence-electron chi connectivity index (χ2n) is 4.38. The molecular formula is C16H10FNO3. The van der Waals surface area contributed by atoms with Gasteiger partial charge in [0.25, 0.3) is 0 Å². The number of ether oxygens (including phenoxy) is 1. The molecule has 4 nitrogen and oxygen atoms in total. The molecule has 0 atom stereocenters. The molecule has 104 valence electrons. The molecule has 3 rings (SSSR count). The Bertz CT molecular complexity index is 833. The van der Waals surface area contributed by atoms with Crippen LogP contribution in [0.15, 0.2) is 54.7 Å². The van der Waals surface area contributed by atoms with Crippen LogP contribution in [0.25, 0.3) is 10.9 Å². The second kappa shape index (κ2) is 5.20. The van der Waals surface area contributed by atoms with E-state index in [2.05, 4.69) is 4.98 Å². The first kappa shape index (κ1) is 13.1. The summed E-state index contributed by atoms with van der Waals surface area (Å²) in [6.07, 6.45) is 1.47. The maximum absolute atomic E-state index is 13.6. The van der Waals surface area contributed by atoms with Crippen LogP contribution in [0.4, 0.5) is 4.39 Å². The summed E-state index contributed by atoms with van der Waals surface area (Å²) in [5.74, 6) is -1.92. The fourth-order valence-electron chi connectivity index (χ4n) is 2.03. The van der Waals surface area contributed by atoms with Crippen molar-refractivity contribution in [1.82, 2.24) is 4.98 Å². The Balaban J connectivity index is 2.02. The maximum atomic E-state index is 13.6. The van der Waals surface area contributed by atoms with Crippen molar-refractivity contribution in [2.45, 2.75) is 0 Å². The molecule has 1 heterocycles. The van der Waals surface area contributed by atoms with E-state index in [1.54, 1.807) is 6.07 Å². The van der Waals surface area contributed by atoms with Crippen LogP contribution in [0.2, 0.25) is 0 Å². The van der Waals surface area contributed by atoms with Gasteiger partial charge < -0.3 is 9.84 Å². The van der Waals surface area contributed by atoms with Crippen LogP contribution in [-0.2, 0) is 0 Å². The van der Waals surface area contributed by atoms with Crippen LogP contribution in [-0.4, -0.2) is 16.1 Å². The predicted molar refractivity (Wildman–Crippen MR) is 75.2 cm³/mol. The molecule has 1 N–H and O–H groups in total. The lowest BCUT2D eigenvalue weighted by atomic mass is 10.2. The first-order valence-corrected chi connectivity index (χ1v) is 6.19. The molecule has 3 aromatic rings. The summed E-state index contributed by atoms with van der Waals surface area (Å²) < 4.78 is 19.1. The molecule has 5 heteroatoms. The Morgan fingerprint density at radius 3 is 2.76 bits per heavy atom. The molecule has 0 saturated heterocycles. The molecule has 0 fully saturated rings. The zero-order chi connectivity index (χ0) is 14.8. The van der Waals surface area contributed by atoms with Crippen molar-refractivity contribution < 1.29 is 19.0 Å². The molecule has 0 aliphatic rings. The molecule has 0 saturated carbocycles. The summed E-state index contributed by atoms with van der Waals surface area (Å²) >= 11 is 0. The summed E-state index contributed by atoms with van der Waals surface area (Å²) in [6, 6.07) is 13.0. The predicted octanol–water partition coefficient (Wildman–Crippen LogP) is 3.86. The van der Waals surface area contributed by atoms with Crippen LogP contribution in [0.1, 0.15) is 10.4 Å². The van der Waals surface area contributed by atoms with Crippen LogP contribution in [0.5, 0.6) is 11.5 Å². The number of carboxylic acid groups (broad SMARTS) is 1. The van der Waals surface area contributed by atoms with Crippen molar-refractivity contribution in [3.05, 3.63) is 66.1 Å². The van der Waals surface area contributed by atoms with Crippen molar-refractivity contribution in [3.63, 3.8) is 0 Å². The van der Waals surface area contributed by atoms with Gasteiger partial charge in [-0.2, -0.15) is 0 Å². The number of halogens is 1. The highest BCUT2D eigenvalue weighted by atomic mass is 19.1. The molecule has 0 unspecified atom stereocenters. The highest BCUT2D eigenvalue weighted by Crippen LogP contribution is 2.28. The van der Waals surface area contributed by atoms with Gasteiger partial charge in [0, 0.05) is 5.39 Å². The zero-order valence-electron chi connectivity index (χ0n) is 10.8. The van der Waals surface area contributed by atoms with E-state index in [1.807, 2.05) is 24.3 Å². The molecular weight excluding hydrogens is 273 g/mol. The lowest BCUT2D eigenvalue weighted by Crippen LogP contribution is -2.03. The van der Waals surface area contributed by atoms with E-state index in [0.717, 1.165) is 17.0 Å². The number of aromatic carboxylic acids is 1. The number of pyridine rings is 1. The van der Waals surface area contributed by atoms with E-state index in [-0.39, 0.29) is 5.75 Å². The Morgan fingerprint density at radius 1 is 1.14 bits per heavy atom. The number of para-hydroxylation sites is 1. The number of benzene rings is 2. The average Bonchev–Trinajstić information content (AvgIpc) is 2.47. The van der Waals surface area contributed by atoms with Crippen LogP contribution >= 0.6 is 0 Å². The third-order valence-electron chi connectivity index (χ3n) is 2.98. The molecule has 0 amide bonds. The molecule has 0 aliphatic heterocycles. The van der Waals surface area contributed by atoms with Gasteiger partial charge in [0.1, 0.15) is 22.9 Å². The number of hydrogen-bond donors (Lipinski definition) is 1. The molecule has 1 aromatic heterocycles. The van der Waals surface area contributed by atoms with Gasteiger partial charge in [-0.1, -0.05) is 24.3 Å². The van der Waals surface area contributed by atoms with Gasteiger partial charge in [-0.15, -0.1) is 0 Å². The Kier molecular flexibility index (Phi) is 3.23. The zero-order valence-corrected chi connectivity index (χ0v) is 10.8. The van der Waals surface area contributed by atoms with E-state index in [0.29, 0.717) is 5.75 Å². The van der Waals surface area contributed by atoms with Gasteiger partial charge in [-0.3, -0.25) is 4.98 Å². The quantitative estimate of drug-likeness (QED) is 0.792. The number of aromatic nitrogens is 1. The third-order valence-corrected chi connectivity index (χ3v) is 2.98. The summed E-state index contributed by atoms with van der Waals surface area (Å²) in [4.78, 5) is 15.3. The van der Waals surface area contributed by atoms with E-state index in [9.17, 15) is 9.18 Å². The molecule has 0 radical (unpaired) electrons. The first-order chi connectivity index (χ1) is 10.1. The highest BCUT2D eigenvalue weighted by Gasteiger charge is 2.17. The number of fused-ring (bicyclic) bond motifs is 1. The highest BCUT2D eigenvalue weighted by molar-refractivity contribution is 5.91. The van der Waals surface area contributed by atoms with Crippen molar-refractivity contribution in [2.24, 2.45) is 0 Å². The first-order valence-electron chi connectivity index (χ1n) is 6.19. The largest absolute Gasteiger partial charge is 0.477 e. The normalized spacial score (nSPS) is 10.5. The minimum atomic E-state index is -1.38. The van der Waals surface area contributed by atoms with E-state index in [4.69, 9.17) is 9.84 Å². The van der Waals surface area contributed by atoms with Gasteiger partial charge in [0.2, 0.25) is 0 Å². The standard InChI is InChI=1S/C16H10FNO3/c17-12-5-3-7-14(15(12)16(19)20)21-11-8-10-4-1-2-6-13(10)18-9-11/h1-9H,(H,19,20). The molecule has 2 aromatic carbocycles. The Morgan fingerprint density at radius 2 is 1.95 bits per heavy atom. The smallest absolute Gasteiger partial charge is 0.342 e. The van der Waals surface area contributed by atoms with Gasteiger partial charge >= 0.3 is 5.97 Å². The Hall–Kier alpha value is -2.95.